The van der Waals surface area contributed by atoms with E-state index in [0.29, 0.717) is 17.9 Å². The van der Waals surface area contributed by atoms with E-state index < -0.39 is 0 Å². The van der Waals surface area contributed by atoms with Crippen molar-refractivity contribution >= 4 is 11.6 Å². The number of nitrogens with one attached hydrogen (secondary N) is 1. The summed E-state index contributed by atoms with van der Waals surface area (Å²) < 4.78 is 16.3. The third kappa shape index (κ3) is 3.12. The van der Waals surface area contributed by atoms with Gasteiger partial charge in [0, 0.05) is 12.2 Å². The minimum atomic E-state index is -0.321. The first-order chi connectivity index (χ1) is 14.2. The Labute approximate surface area is 168 Å². The summed E-state index contributed by atoms with van der Waals surface area (Å²) in [6.45, 7) is 0.654. The number of rotatable bonds is 4. The van der Waals surface area contributed by atoms with Gasteiger partial charge in [-0.15, -0.1) is 0 Å². The van der Waals surface area contributed by atoms with Crippen molar-refractivity contribution in [3.63, 3.8) is 0 Å². The van der Waals surface area contributed by atoms with Gasteiger partial charge in [-0.05, 0) is 47.5 Å². The molecule has 3 aromatic carbocycles. The molecule has 0 bridgehead atoms. The number of ether oxygens (including phenoxy) is 3. The van der Waals surface area contributed by atoms with Gasteiger partial charge in [-0.3, -0.25) is 4.79 Å². The number of anilines is 1. The fraction of sp³-hybridized carbons (Fsp3) is 0.174. The average molecular weight is 388 g/mol. The molecule has 146 valence electrons. The molecule has 0 aromatic heterocycles. The van der Waals surface area contributed by atoms with Gasteiger partial charge in [0.05, 0.1) is 12.7 Å². The van der Waals surface area contributed by atoms with Gasteiger partial charge >= 0.3 is 0 Å². The van der Waals surface area contributed by atoms with Gasteiger partial charge in [0.25, 0.3) is 5.91 Å². The SMILES string of the molecule is COc1cccc([C@H]2Nc3ccccc3C(=O)N2Cc2ccc3c(c2)OCO3)c1. The molecule has 0 unspecified atom stereocenters. The Morgan fingerprint density at radius 1 is 1.03 bits per heavy atom. The Hall–Kier alpha value is -3.67. The highest BCUT2D eigenvalue weighted by Crippen LogP contribution is 2.37. The molecule has 6 heteroatoms. The van der Waals surface area contributed by atoms with Gasteiger partial charge in [0.1, 0.15) is 11.9 Å². The highest BCUT2D eigenvalue weighted by Gasteiger charge is 2.33. The molecule has 0 fully saturated rings. The summed E-state index contributed by atoms with van der Waals surface area (Å²) in [5, 5.41) is 3.51. The van der Waals surface area contributed by atoms with Crippen molar-refractivity contribution < 1.29 is 19.0 Å². The van der Waals surface area contributed by atoms with Crippen LogP contribution in [0.1, 0.15) is 27.7 Å². The van der Waals surface area contributed by atoms with Crippen LogP contribution in [0.2, 0.25) is 0 Å². The Morgan fingerprint density at radius 3 is 2.79 bits per heavy atom. The summed E-state index contributed by atoms with van der Waals surface area (Å²) in [4.78, 5) is 15.2. The maximum Gasteiger partial charge on any atom is 0.258 e. The molecule has 1 atom stereocenters. The predicted octanol–water partition coefficient (Wildman–Crippen LogP) is 4.19. The zero-order chi connectivity index (χ0) is 19.8. The van der Waals surface area contributed by atoms with Crippen LogP contribution in [0.4, 0.5) is 5.69 Å². The van der Waals surface area contributed by atoms with E-state index in [4.69, 9.17) is 14.2 Å². The monoisotopic (exact) mass is 388 g/mol. The second kappa shape index (κ2) is 7.05. The topological polar surface area (TPSA) is 60.0 Å². The number of nitrogens with zero attached hydrogens (tertiary/aromatic N) is 1. The predicted molar refractivity (Wildman–Crippen MR) is 108 cm³/mol. The highest BCUT2D eigenvalue weighted by atomic mass is 16.7. The fourth-order valence-corrected chi connectivity index (χ4v) is 3.77. The lowest BCUT2D eigenvalue weighted by molar-refractivity contribution is 0.0666. The second-order valence-electron chi connectivity index (χ2n) is 6.99. The summed E-state index contributed by atoms with van der Waals surface area (Å²) in [5.74, 6) is 2.16. The van der Waals surface area contributed by atoms with Crippen molar-refractivity contribution in [1.82, 2.24) is 4.90 Å². The molecular weight excluding hydrogens is 368 g/mol. The summed E-state index contributed by atoms with van der Waals surface area (Å²) in [6.07, 6.45) is -0.321. The molecule has 3 aromatic rings. The normalized spacial score (nSPS) is 16.9. The summed E-state index contributed by atoms with van der Waals surface area (Å²) in [6, 6.07) is 21.1. The number of para-hydroxylation sites is 1. The van der Waals surface area contributed by atoms with Crippen LogP contribution >= 0.6 is 0 Å². The molecule has 0 spiro atoms. The van der Waals surface area contributed by atoms with Crippen LogP contribution in [0.5, 0.6) is 17.2 Å². The first kappa shape index (κ1) is 17.4. The third-order valence-electron chi connectivity index (χ3n) is 5.22. The molecule has 1 amide bonds. The molecule has 0 saturated heterocycles. The molecule has 1 N–H and O–H groups in total. The van der Waals surface area contributed by atoms with E-state index in [-0.39, 0.29) is 18.9 Å². The highest BCUT2D eigenvalue weighted by molar-refractivity contribution is 6.01. The lowest BCUT2D eigenvalue weighted by Gasteiger charge is -2.38. The summed E-state index contributed by atoms with van der Waals surface area (Å²) in [5.41, 5.74) is 3.41. The molecule has 2 aliphatic rings. The van der Waals surface area contributed by atoms with Crippen molar-refractivity contribution in [1.29, 1.82) is 0 Å². The van der Waals surface area contributed by atoms with Crippen molar-refractivity contribution in [2.75, 3.05) is 19.2 Å². The number of hydrogen-bond donors (Lipinski definition) is 1. The standard InChI is InChI=1S/C23H20N2O4/c1-27-17-6-4-5-16(12-17)22-24-19-8-3-2-7-18(19)23(26)25(22)13-15-9-10-20-21(11-15)29-14-28-20/h2-12,22,24H,13-14H2,1H3/t22-/m0/s1. The van der Waals surface area contributed by atoms with Crippen molar-refractivity contribution in [3.8, 4) is 17.2 Å². The van der Waals surface area contributed by atoms with Crippen LogP contribution in [0.15, 0.2) is 66.7 Å². The number of hydrogen-bond acceptors (Lipinski definition) is 5. The molecule has 0 aliphatic carbocycles. The van der Waals surface area contributed by atoms with Crippen LogP contribution in [0.25, 0.3) is 0 Å². The summed E-state index contributed by atoms with van der Waals surface area (Å²) >= 11 is 0. The molecule has 2 heterocycles. The van der Waals surface area contributed by atoms with Gasteiger partial charge in [0.15, 0.2) is 11.5 Å². The Kier molecular flexibility index (Phi) is 4.24. The number of carbonyl (C=O) groups excluding carboxylic acids is 1. The van der Waals surface area contributed by atoms with Crippen LogP contribution in [0, 0.1) is 0 Å². The van der Waals surface area contributed by atoms with Gasteiger partial charge in [-0.1, -0.05) is 30.3 Å². The van der Waals surface area contributed by atoms with Gasteiger partial charge in [-0.25, -0.2) is 0 Å². The van der Waals surface area contributed by atoms with Crippen molar-refractivity contribution in [2.24, 2.45) is 0 Å². The number of carbonyl (C=O) groups is 1. The zero-order valence-corrected chi connectivity index (χ0v) is 15.9. The quantitative estimate of drug-likeness (QED) is 0.726. The Bertz CT molecular complexity index is 1080. The second-order valence-corrected chi connectivity index (χ2v) is 6.99. The van der Waals surface area contributed by atoms with E-state index in [1.165, 1.54) is 0 Å². The molecule has 5 rings (SSSR count). The van der Waals surface area contributed by atoms with Crippen molar-refractivity contribution in [3.05, 3.63) is 83.4 Å². The lowest BCUT2D eigenvalue weighted by Crippen LogP contribution is -2.42. The molecule has 0 saturated carbocycles. The molecule has 6 nitrogen and oxygen atoms in total. The minimum Gasteiger partial charge on any atom is -0.497 e. The van der Waals surface area contributed by atoms with E-state index in [2.05, 4.69) is 5.32 Å². The largest absolute Gasteiger partial charge is 0.497 e. The molecule has 0 radical (unpaired) electrons. The van der Waals surface area contributed by atoms with Crippen LogP contribution < -0.4 is 19.5 Å². The Balaban J connectivity index is 1.54. The van der Waals surface area contributed by atoms with Gasteiger partial charge in [-0.2, -0.15) is 0 Å². The van der Waals surface area contributed by atoms with Gasteiger partial charge in [0.2, 0.25) is 6.79 Å². The first-order valence-electron chi connectivity index (χ1n) is 9.42. The maximum absolute atomic E-state index is 13.4. The van der Waals surface area contributed by atoms with E-state index in [9.17, 15) is 4.79 Å². The average Bonchev–Trinajstić information content (AvgIpc) is 3.23. The van der Waals surface area contributed by atoms with E-state index in [1.807, 2.05) is 71.6 Å². The van der Waals surface area contributed by atoms with Crippen LogP contribution in [0.3, 0.4) is 0 Å². The number of methoxy groups -OCH3 is 1. The fourth-order valence-electron chi connectivity index (χ4n) is 3.77. The van der Waals surface area contributed by atoms with Crippen molar-refractivity contribution in [2.45, 2.75) is 12.7 Å². The minimum absolute atomic E-state index is 0.0233. The van der Waals surface area contributed by atoms with Crippen LogP contribution in [-0.4, -0.2) is 24.7 Å². The van der Waals surface area contributed by atoms with E-state index >= 15 is 0 Å². The zero-order valence-electron chi connectivity index (χ0n) is 15.9. The first-order valence-corrected chi connectivity index (χ1v) is 9.42. The maximum atomic E-state index is 13.4. The van der Waals surface area contributed by atoms with Gasteiger partial charge < -0.3 is 24.4 Å². The van der Waals surface area contributed by atoms with E-state index in [0.717, 1.165) is 28.3 Å². The Morgan fingerprint density at radius 2 is 1.90 bits per heavy atom. The molecule has 2 aliphatic heterocycles. The lowest BCUT2D eigenvalue weighted by atomic mass is 10.0. The number of fused-ring (bicyclic) bond motifs is 2. The van der Waals surface area contributed by atoms with Crippen LogP contribution in [-0.2, 0) is 6.54 Å². The smallest absolute Gasteiger partial charge is 0.258 e. The number of amides is 1. The third-order valence-corrected chi connectivity index (χ3v) is 5.22. The number of benzene rings is 3. The summed E-state index contributed by atoms with van der Waals surface area (Å²) in [7, 11) is 1.64. The molecular formula is C23H20N2O4. The van der Waals surface area contributed by atoms with E-state index in [1.54, 1.807) is 7.11 Å². The molecule has 29 heavy (non-hydrogen) atoms.